The van der Waals surface area contributed by atoms with Gasteiger partial charge in [-0.15, -0.1) is 10.2 Å². The molecule has 1 aliphatic rings. The summed E-state index contributed by atoms with van der Waals surface area (Å²) in [5.74, 6) is 0.258. The third kappa shape index (κ3) is 3.20. The van der Waals surface area contributed by atoms with Crippen LogP contribution in [0.25, 0.3) is 5.57 Å². The van der Waals surface area contributed by atoms with Crippen LogP contribution < -0.4 is 10.6 Å². The van der Waals surface area contributed by atoms with Gasteiger partial charge in [0.25, 0.3) is 0 Å². The Morgan fingerprint density at radius 3 is 3.00 bits per heavy atom. The SMILES string of the molecule is N#CC(=CNc1c(Br)cccc1NC1CC1)c1nn[nH]n1. The largest absolute Gasteiger partial charge is 0.381 e. The van der Waals surface area contributed by atoms with Crippen molar-refractivity contribution in [2.24, 2.45) is 0 Å². The van der Waals surface area contributed by atoms with Crippen LogP contribution in [0.3, 0.4) is 0 Å². The van der Waals surface area contributed by atoms with Crippen molar-refractivity contribution in [2.75, 3.05) is 10.6 Å². The van der Waals surface area contributed by atoms with Crippen molar-refractivity contribution in [3.63, 3.8) is 0 Å². The zero-order valence-electron chi connectivity index (χ0n) is 11.0. The maximum Gasteiger partial charge on any atom is 0.216 e. The molecule has 0 amide bonds. The fourth-order valence-corrected chi connectivity index (χ4v) is 2.29. The first-order chi connectivity index (χ1) is 10.3. The van der Waals surface area contributed by atoms with E-state index in [0.717, 1.165) is 15.8 Å². The number of halogens is 1. The highest BCUT2D eigenvalue weighted by molar-refractivity contribution is 9.10. The van der Waals surface area contributed by atoms with Crippen LogP contribution in [0, 0.1) is 11.3 Å². The first-order valence-corrected chi connectivity index (χ1v) is 7.23. The van der Waals surface area contributed by atoms with Gasteiger partial charge in [0, 0.05) is 16.7 Å². The average Bonchev–Trinajstić information content (AvgIpc) is 3.13. The minimum Gasteiger partial charge on any atom is -0.381 e. The van der Waals surface area contributed by atoms with E-state index in [4.69, 9.17) is 5.26 Å². The van der Waals surface area contributed by atoms with E-state index in [2.05, 4.69) is 47.2 Å². The number of nitriles is 1. The van der Waals surface area contributed by atoms with E-state index in [-0.39, 0.29) is 5.82 Å². The smallest absolute Gasteiger partial charge is 0.216 e. The van der Waals surface area contributed by atoms with Crippen molar-refractivity contribution < 1.29 is 0 Å². The van der Waals surface area contributed by atoms with Crippen LogP contribution in [-0.2, 0) is 0 Å². The van der Waals surface area contributed by atoms with Gasteiger partial charge >= 0.3 is 0 Å². The number of H-pyrrole nitrogens is 1. The molecule has 21 heavy (non-hydrogen) atoms. The molecular weight excluding hydrogens is 334 g/mol. The number of hydrogen-bond acceptors (Lipinski definition) is 6. The van der Waals surface area contributed by atoms with Gasteiger partial charge in [-0.1, -0.05) is 6.07 Å². The van der Waals surface area contributed by atoms with E-state index in [1.54, 1.807) is 6.20 Å². The normalized spacial score (nSPS) is 14.6. The minimum atomic E-state index is 0.258. The predicted molar refractivity (Wildman–Crippen MR) is 82.2 cm³/mol. The van der Waals surface area contributed by atoms with Crippen LogP contribution in [0.2, 0.25) is 0 Å². The fourth-order valence-electron chi connectivity index (χ4n) is 1.81. The standard InChI is InChI=1S/C13H12BrN7/c14-10-2-1-3-11(17-9-4-5-9)12(10)16-7-8(6-15)13-18-20-21-19-13/h1-3,7,9,16-17H,4-5H2,(H,18,19,20,21). The molecule has 0 atom stereocenters. The molecule has 0 unspecified atom stereocenters. The van der Waals surface area contributed by atoms with Gasteiger partial charge in [-0.25, -0.2) is 0 Å². The minimum absolute atomic E-state index is 0.258. The molecule has 2 aromatic rings. The van der Waals surface area contributed by atoms with Crippen molar-refractivity contribution in [1.82, 2.24) is 20.6 Å². The molecule has 0 radical (unpaired) electrons. The second kappa shape index (κ2) is 5.93. The van der Waals surface area contributed by atoms with Gasteiger partial charge in [-0.05, 0) is 46.1 Å². The van der Waals surface area contributed by atoms with Gasteiger partial charge in [0.2, 0.25) is 5.82 Å². The summed E-state index contributed by atoms with van der Waals surface area (Å²) in [5, 5.41) is 29.1. The molecule has 1 aromatic carbocycles. The maximum atomic E-state index is 9.16. The van der Waals surface area contributed by atoms with Crippen molar-refractivity contribution >= 4 is 32.9 Å². The lowest BCUT2D eigenvalue weighted by Gasteiger charge is -2.13. The third-order valence-corrected chi connectivity index (χ3v) is 3.68. The maximum absolute atomic E-state index is 9.16. The van der Waals surface area contributed by atoms with E-state index in [1.165, 1.54) is 12.8 Å². The quantitative estimate of drug-likeness (QED) is 0.719. The zero-order chi connectivity index (χ0) is 14.7. The molecule has 1 saturated carbocycles. The average molecular weight is 346 g/mol. The molecule has 3 N–H and O–H groups in total. The summed E-state index contributed by atoms with van der Waals surface area (Å²) in [6.45, 7) is 0. The highest BCUT2D eigenvalue weighted by atomic mass is 79.9. The van der Waals surface area contributed by atoms with Crippen LogP contribution >= 0.6 is 15.9 Å². The van der Waals surface area contributed by atoms with E-state index >= 15 is 0 Å². The molecule has 1 aromatic heterocycles. The number of anilines is 2. The van der Waals surface area contributed by atoms with Crippen LogP contribution in [0.15, 0.2) is 28.9 Å². The van der Waals surface area contributed by atoms with E-state index in [9.17, 15) is 0 Å². The summed E-state index contributed by atoms with van der Waals surface area (Å²) < 4.78 is 0.912. The summed E-state index contributed by atoms with van der Waals surface area (Å²) in [4.78, 5) is 0. The molecule has 0 bridgehead atoms. The molecule has 3 rings (SSSR count). The summed E-state index contributed by atoms with van der Waals surface area (Å²) in [6.07, 6.45) is 3.95. The Balaban J connectivity index is 1.85. The first kappa shape index (κ1) is 13.6. The zero-order valence-corrected chi connectivity index (χ0v) is 12.6. The Bertz CT molecular complexity index is 698. The molecule has 1 heterocycles. The van der Waals surface area contributed by atoms with Crippen molar-refractivity contribution in [1.29, 1.82) is 5.26 Å². The Hall–Kier alpha value is -2.40. The van der Waals surface area contributed by atoms with Crippen molar-refractivity contribution in [2.45, 2.75) is 18.9 Å². The number of nitrogens with one attached hydrogen (secondary N) is 3. The number of nitrogens with zero attached hydrogens (tertiary/aromatic N) is 4. The molecule has 0 spiro atoms. The highest BCUT2D eigenvalue weighted by Gasteiger charge is 2.22. The summed E-state index contributed by atoms with van der Waals surface area (Å²) in [5.41, 5.74) is 2.17. The molecule has 7 nitrogen and oxygen atoms in total. The number of benzene rings is 1. The number of aromatic amines is 1. The summed E-state index contributed by atoms with van der Waals surface area (Å²) >= 11 is 3.51. The van der Waals surface area contributed by atoms with E-state index < -0.39 is 0 Å². The number of aromatic nitrogens is 4. The first-order valence-electron chi connectivity index (χ1n) is 6.43. The lowest BCUT2D eigenvalue weighted by molar-refractivity contribution is 0.881. The van der Waals surface area contributed by atoms with Crippen molar-refractivity contribution in [3.05, 3.63) is 34.7 Å². The fraction of sp³-hybridized carbons (Fsp3) is 0.231. The second-order valence-corrected chi connectivity index (χ2v) is 5.48. The van der Waals surface area contributed by atoms with Crippen molar-refractivity contribution in [3.8, 4) is 6.07 Å². The van der Waals surface area contributed by atoms with Gasteiger partial charge in [0.05, 0.1) is 11.4 Å². The van der Waals surface area contributed by atoms with Gasteiger partial charge in [0.15, 0.2) is 0 Å². The molecule has 106 valence electrons. The Morgan fingerprint density at radius 2 is 2.33 bits per heavy atom. The van der Waals surface area contributed by atoms with Gasteiger partial charge in [-0.2, -0.15) is 10.5 Å². The third-order valence-electron chi connectivity index (χ3n) is 3.02. The molecule has 1 aliphatic carbocycles. The van der Waals surface area contributed by atoms with Crippen LogP contribution in [0.1, 0.15) is 18.7 Å². The number of tetrazole rings is 1. The van der Waals surface area contributed by atoms with Crippen LogP contribution in [0.4, 0.5) is 11.4 Å². The van der Waals surface area contributed by atoms with E-state index in [0.29, 0.717) is 11.6 Å². The van der Waals surface area contributed by atoms with E-state index in [1.807, 2.05) is 24.3 Å². The van der Waals surface area contributed by atoms with Gasteiger partial charge in [0.1, 0.15) is 11.6 Å². The number of hydrogen-bond donors (Lipinski definition) is 3. The highest BCUT2D eigenvalue weighted by Crippen LogP contribution is 2.34. The molecule has 0 aliphatic heterocycles. The Morgan fingerprint density at radius 1 is 1.48 bits per heavy atom. The lowest BCUT2D eigenvalue weighted by atomic mass is 10.2. The number of para-hydroxylation sites is 1. The second-order valence-electron chi connectivity index (χ2n) is 4.63. The molecular formula is C13H12BrN7. The molecule has 8 heteroatoms. The van der Waals surface area contributed by atoms with Crippen LogP contribution in [0.5, 0.6) is 0 Å². The lowest BCUT2D eigenvalue weighted by Crippen LogP contribution is -2.04. The topological polar surface area (TPSA) is 102 Å². The Labute approximate surface area is 129 Å². The number of allylic oxidation sites excluding steroid dienone is 1. The number of rotatable bonds is 5. The van der Waals surface area contributed by atoms with Gasteiger partial charge in [-0.3, -0.25) is 0 Å². The molecule has 1 fully saturated rings. The van der Waals surface area contributed by atoms with Gasteiger partial charge < -0.3 is 10.6 Å². The monoisotopic (exact) mass is 345 g/mol. The summed E-state index contributed by atoms with van der Waals surface area (Å²) in [6, 6.07) is 8.49. The van der Waals surface area contributed by atoms with Crippen LogP contribution in [-0.4, -0.2) is 26.7 Å². The Kier molecular flexibility index (Phi) is 3.83. The summed E-state index contributed by atoms with van der Waals surface area (Å²) in [7, 11) is 0. The predicted octanol–water partition coefficient (Wildman–Crippen LogP) is 2.51. The molecule has 0 saturated heterocycles.